The standard InChI is InChI=1S/C24H27N3O2S2/c1-2-20(23-25-15-21(27-23)17-7-4-3-5-8-17)26-22(28)16-29-19-11-9-18(10-12-19)24-30-13-6-14-31-24/h3-5,7-12,15,20,24H,2,6,13-14,16H2,1H3,(H,25,27)(H,26,28). The number of nitrogens with zero attached hydrogens (tertiary/aromatic N) is 1. The maximum Gasteiger partial charge on any atom is 0.258 e. The van der Waals surface area contributed by atoms with Crippen molar-refractivity contribution in [3.8, 4) is 17.0 Å². The van der Waals surface area contributed by atoms with Crippen LogP contribution in [0.15, 0.2) is 60.8 Å². The normalized spacial score (nSPS) is 15.4. The molecule has 0 bridgehead atoms. The largest absolute Gasteiger partial charge is 0.484 e. The first-order valence-electron chi connectivity index (χ1n) is 10.6. The fourth-order valence-corrected chi connectivity index (χ4v) is 6.32. The van der Waals surface area contributed by atoms with Crippen molar-refractivity contribution >= 4 is 29.4 Å². The first kappa shape index (κ1) is 21.8. The molecule has 31 heavy (non-hydrogen) atoms. The fourth-order valence-electron chi connectivity index (χ4n) is 3.43. The van der Waals surface area contributed by atoms with E-state index in [1.165, 1.54) is 23.5 Å². The van der Waals surface area contributed by atoms with Crippen LogP contribution in [0.5, 0.6) is 5.75 Å². The van der Waals surface area contributed by atoms with Crippen LogP contribution in [0.3, 0.4) is 0 Å². The number of carbonyl (C=O) groups excluding carboxylic acids is 1. The Balaban J connectivity index is 1.30. The Kier molecular flexibility index (Phi) is 7.59. The first-order chi connectivity index (χ1) is 15.2. The Labute approximate surface area is 191 Å². The van der Waals surface area contributed by atoms with Crippen molar-refractivity contribution in [2.45, 2.75) is 30.4 Å². The summed E-state index contributed by atoms with van der Waals surface area (Å²) in [4.78, 5) is 20.3. The van der Waals surface area contributed by atoms with E-state index in [4.69, 9.17) is 4.74 Å². The number of benzene rings is 2. The summed E-state index contributed by atoms with van der Waals surface area (Å²) in [5.41, 5.74) is 3.32. The number of H-pyrrole nitrogens is 1. The van der Waals surface area contributed by atoms with Gasteiger partial charge < -0.3 is 15.0 Å². The third kappa shape index (κ3) is 5.86. The van der Waals surface area contributed by atoms with E-state index in [9.17, 15) is 4.79 Å². The second-order valence-electron chi connectivity index (χ2n) is 7.36. The second-order valence-corrected chi connectivity index (χ2v) is 10.1. The van der Waals surface area contributed by atoms with Gasteiger partial charge in [0, 0.05) is 0 Å². The quantitative estimate of drug-likeness (QED) is 0.465. The molecule has 0 radical (unpaired) electrons. The lowest BCUT2D eigenvalue weighted by Crippen LogP contribution is -2.33. The van der Waals surface area contributed by atoms with Gasteiger partial charge in [0.15, 0.2) is 6.61 Å². The third-order valence-electron chi connectivity index (χ3n) is 5.10. The maximum absolute atomic E-state index is 12.5. The van der Waals surface area contributed by atoms with E-state index >= 15 is 0 Å². The molecule has 1 aliphatic rings. The van der Waals surface area contributed by atoms with Gasteiger partial charge in [-0.1, -0.05) is 49.4 Å². The average Bonchev–Trinajstić information content (AvgIpc) is 3.33. The molecule has 162 valence electrons. The van der Waals surface area contributed by atoms with Gasteiger partial charge in [0.25, 0.3) is 5.91 Å². The van der Waals surface area contributed by atoms with Gasteiger partial charge in [0.2, 0.25) is 0 Å². The number of aromatic amines is 1. The van der Waals surface area contributed by atoms with Crippen LogP contribution in [0, 0.1) is 0 Å². The number of thioether (sulfide) groups is 2. The Morgan fingerprint density at radius 1 is 1.16 bits per heavy atom. The Morgan fingerprint density at radius 2 is 1.90 bits per heavy atom. The van der Waals surface area contributed by atoms with Gasteiger partial charge in [0.05, 0.1) is 22.5 Å². The minimum Gasteiger partial charge on any atom is -0.484 e. The molecule has 0 aliphatic carbocycles. The van der Waals surface area contributed by atoms with Crippen molar-refractivity contribution in [1.29, 1.82) is 0 Å². The number of hydrogen-bond acceptors (Lipinski definition) is 5. The minimum atomic E-state index is -0.184. The average molecular weight is 454 g/mol. The predicted octanol–water partition coefficient (Wildman–Crippen LogP) is 5.59. The van der Waals surface area contributed by atoms with Crippen molar-refractivity contribution < 1.29 is 9.53 Å². The monoisotopic (exact) mass is 453 g/mol. The van der Waals surface area contributed by atoms with Crippen LogP contribution >= 0.6 is 23.5 Å². The molecular formula is C24H27N3O2S2. The fraction of sp³-hybridized carbons (Fsp3) is 0.333. The molecule has 4 rings (SSSR count). The van der Waals surface area contributed by atoms with Crippen LogP contribution in [0.25, 0.3) is 11.3 Å². The number of amides is 1. The molecular weight excluding hydrogens is 426 g/mol. The molecule has 1 amide bonds. The predicted molar refractivity (Wildman–Crippen MR) is 129 cm³/mol. The lowest BCUT2D eigenvalue weighted by atomic mass is 10.2. The molecule has 1 aromatic heterocycles. The number of hydrogen-bond donors (Lipinski definition) is 2. The molecule has 7 heteroatoms. The summed E-state index contributed by atoms with van der Waals surface area (Å²) in [5.74, 6) is 3.74. The first-order valence-corrected chi connectivity index (χ1v) is 12.7. The zero-order valence-electron chi connectivity index (χ0n) is 17.5. The molecule has 1 unspecified atom stereocenters. The van der Waals surface area contributed by atoms with Crippen molar-refractivity contribution in [2.24, 2.45) is 0 Å². The molecule has 1 fully saturated rings. The highest BCUT2D eigenvalue weighted by atomic mass is 32.2. The summed E-state index contributed by atoms with van der Waals surface area (Å²) < 4.78 is 6.21. The number of rotatable bonds is 8. The van der Waals surface area contributed by atoms with Crippen molar-refractivity contribution in [3.05, 3.63) is 72.2 Å². The van der Waals surface area contributed by atoms with Crippen molar-refractivity contribution in [2.75, 3.05) is 18.1 Å². The topological polar surface area (TPSA) is 67.0 Å². The maximum atomic E-state index is 12.5. The summed E-state index contributed by atoms with van der Waals surface area (Å²) >= 11 is 3.99. The van der Waals surface area contributed by atoms with E-state index in [2.05, 4.69) is 27.4 Å². The van der Waals surface area contributed by atoms with Gasteiger partial charge in [-0.3, -0.25) is 4.79 Å². The summed E-state index contributed by atoms with van der Waals surface area (Å²) in [5, 5.41) is 3.02. The van der Waals surface area contributed by atoms with Crippen LogP contribution in [0.2, 0.25) is 0 Å². The van der Waals surface area contributed by atoms with Gasteiger partial charge in [-0.05, 0) is 47.6 Å². The Hall–Kier alpha value is -2.38. The van der Waals surface area contributed by atoms with Gasteiger partial charge in [-0.25, -0.2) is 4.98 Å². The molecule has 0 saturated carbocycles. The van der Waals surface area contributed by atoms with Crippen LogP contribution in [-0.2, 0) is 4.79 Å². The van der Waals surface area contributed by atoms with Crippen LogP contribution in [0.1, 0.15) is 41.8 Å². The number of nitrogens with one attached hydrogen (secondary N) is 2. The van der Waals surface area contributed by atoms with Gasteiger partial charge in [0.1, 0.15) is 11.6 Å². The molecule has 2 heterocycles. The molecule has 2 aromatic carbocycles. The number of aromatic nitrogens is 2. The Bertz CT molecular complexity index is 970. The zero-order valence-corrected chi connectivity index (χ0v) is 19.2. The molecule has 5 nitrogen and oxygen atoms in total. The van der Waals surface area contributed by atoms with Gasteiger partial charge in [-0.15, -0.1) is 23.5 Å². The number of imidazole rings is 1. The summed E-state index contributed by atoms with van der Waals surface area (Å²) in [6.07, 6.45) is 3.83. The van der Waals surface area contributed by atoms with Crippen LogP contribution in [0.4, 0.5) is 0 Å². The zero-order chi connectivity index (χ0) is 21.5. The minimum absolute atomic E-state index is 0.0188. The summed E-state index contributed by atoms with van der Waals surface area (Å²) in [6, 6.07) is 18.0. The van der Waals surface area contributed by atoms with E-state index in [1.54, 1.807) is 6.20 Å². The second kappa shape index (κ2) is 10.8. The highest BCUT2D eigenvalue weighted by Gasteiger charge is 2.18. The summed E-state index contributed by atoms with van der Waals surface area (Å²) in [6.45, 7) is 2.01. The SMILES string of the molecule is CCC(NC(=O)COc1ccc(C2SCCCS2)cc1)c1ncc(-c2ccccc2)[nH]1. The highest BCUT2D eigenvalue weighted by Crippen LogP contribution is 2.43. The number of ether oxygens (including phenoxy) is 1. The molecule has 2 N–H and O–H groups in total. The summed E-state index contributed by atoms with van der Waals surface area (Å²) in [7, 11) is 0. The lowest BCUT2D eigenvalue weighted by molar-refractivity contribution is -0.123. The molecule has 1 saturated heterocycles. The Morgan fingerprint density at radius 3 is 2.61 bits per heavy atom. The highest BCUT2D eigenvalue weighted by molar-refractivity contribution is 8.16. The van der Waals surface area contributed by atoms with Crippen LogP contribution in [-0.4, -0.2) is 34.0 Å². The van der Waals surface area contributed by atoms with E-state index in [-0.39, 0.29) is 18.6 Å². The third-order valence-corrected chi connectivity index (χ3v) is 8.12. The smallest absolute Gasteiger partial charge is 0.258 e. The van der Waals surface area contributed by atoms with E-state index in [1.807, 2.05) is 72.9 Å². The lowest BCUT2D eigenvalue weighted by Gasteiger charge is -2.21. The van der Waals surface area contributed by atoms with Crippen molar-refractivity contribution in [3.63, 3.8) is 0 Å². The van der Waals surface area contributed by atoms with Crippen LogP contribution < -0.4 is 10.1 Å². The molecule has 1 aliphatic heterocycles. The number of carbonyl (C=O) groups is 1. The molecule has 3 aromatic rings. The molecule has 0 spiro atoms. The van der Waals surface area contributed by atoms with E-state index in [0.29, 0.717) is 10.3 Å². The van der Waals surface area contributed by atoms with Crippen molar-refractivity contribution in [1.82, 2.24) is 15.3 Å². The van der Waals surface area contributed by atoms with Gasteiger partial charge >= 0.3 is 0 Å². The van der Waals surface area contributed by atoms with E-state index in [0.717, 1.165) is 23.5 Å². The molecule has 1 atom stereocenters. The van der Waals surface area contributed by atoms with E-state index < -0.39 is 0 Å². The van der Waals surface area contributed by atoms with Gasteiger partial charge in [-0.2, -0.15) is 0 Å².